The Balaban J connectivity index is 1.26. The molecule has 2 saturated carbocycles. The molecule has 4 nitrogen and oxygen atoms in total. The summed E-state index contributed by atoms with van der Waals surface area (Å²) in [6.45, 7) is 4.50. The lowest BCUT2D eigenvalue weighted by Gasteiger charge is -2.38. The van der Waals surface area contributed by atoms with Crippen LogP contribution in [0.1, 0.15) is 44.1 Å². The summed E-state index contributed by atoms with van der Waals surface area (Å²) >= 11 is 5.99. The first-order valence-electron chi connectivity index (χ1n) is 9.69. The second-order valence-electron chi connectivity index (χ2n) is 7.91. The number of hydrogen-bond donors (Lipinski definition) is 1. The Hall–Kier alpha value is -1.26. The minimum atomic E-state index is 0.103. The number of urea groups is 1. The molecule has 0 atom stereocenters. The number of rotatable bonds is 4. The van der Waals surface area contributed by atoms with Crippen molar-refractivity contribution in [3.63, 3.8) is 0 Å². The Bertz CT molecular complexity index is 600. The maximum atomic E-state index is 12.6. The number of piperazine rings is 1. The summed E-state index contributed by atoms with van der Waals surface area (Å²) in [6.07, 6.45) is 7.72. The zero-order valence-corrected chi connectivity index (χ0v) is 15.6. The highest BCUT2D eigenvalue weighted by Crippen LogP contribution is 2.47. The minimum absolute atomic E-state index is 0.103. The standard InChI is InChI=1S/C20H28ClN3O/c21-17-7-5-16(6-8-17)20(9-10-20)15-22-19(25)24-13-11-23(12-14-24)18-3-1-2-4-18/h5-8,18H,1-4,9-15H2,(H,22,25). The van der Waals surface area contributed by atoms with Gasteiger partial charge < -0.3 is 10.2 Å². The number of hydrogen-bond acceptors (Lipinski definition) is 2. The van der Waals surface area contributed by atoms with Crippen molar-refractivity contribution in [1.29, 1.82) is 0 Å². The van der Waals surface area contributed by atoms with E-state index in [9.17, 15) is 4.79 Å². The first-order valence-corrected chi connectivity index (χ1v) is 10.1. The Morgan fingerprint density at radius 2 is 1.72 bits per heavy atom. The molecule has 25 heavy (non-hydrogen) atoms. The van der Waals surface area contributed by atoms with E-state index in [2.05, 4.69) is 22.3 Å². The molecule has 0 aromatic heterocycles. The first-order chi connectivity index (χ1) is 12.2. The number of carbonyl (C=O) groups excluding carboxylic acids is 1. The molecular formula is C20H28ClN3O. The summed E-state index contributed by atoms with van der Waals surface area (Å²) in [5, 5.41) is 3.96. The van der Waals surface area contributed by atoms with Crippen LogP contribution in [0.5, 0.6) is 0 Å². The monoisotopic (exact) mass is 361 g/mol. The van der Waals surface area contributed by atoms with Gasteiger partial charge in [-0.25, -0.2) is 4.79 Å². The Morgan fingerprint density at radius 1 is 1.08 bits per heavy atom. The molecule has 1 heterocycles. The van der Waals surface area contributed by atoms with E-state index in [1.807, 2.05) is 17.0 Å². The summed E-state index contributed by atoms with van der Waals surface area (Å²) in [4.78, 5) is 17.1. The van der Waals surface area contributed by atoms with Crippen LogP contribution in [0.2, 0.25) is 5.02 Å². The molecular weight excluding hydrogens is 334 g/mol. The van der Waals surface area contributed by atoms with Crippen LogP contribution in [-0.4, -0.2) is 54.6 Å². The molecule has 2 aliphatic carbocycles. The fourth-order valence-corrected chi connectivity index (χ4v) is 4.56. The molecule has 1 aliphatic heterocycles. The molecule has 0 bridgehead atoms. The molecule has 0 unspecified atom stereocenters. The van der Waals surface area contributed by atoms with Crippen LogP contribution in [0.3, 0.4) is 0 Å². The molecule has 4 rings (SSSR count). The van der Waals surface area contributed by atoms with Crippen molar-refractivity contribution < 1.29 is 4.79 Å². The topological polar surface area (TPSA) is 35.6 Å². The third-order valence-electron chi connectivity index (χ3n) is 6.33. The van der Waals surface area contributed by atoms with Gasteiger partial charge in [0.15, 0.2) is 0 Å². The van der Waals surface area contributed by atoms with E-state index in [4.69, 9.17) is 11.6 Å². The van der Waals surface area contributed by atoms with Gasteiger partial charge in [-0.3, -0.25) is 4.90 Å². The highest BCUT2D eigenvalue weighted by atomic mass is 35.5. The number of nitrogens with one attached hydrogen (secondary N) is 1. The molecule has 1 aromatic rings. The van der Waals surface area contributed by atoms with Gasteiger partial charge in [0.2, 0.25) is 0 Å². The molecule has 0 radical (unpaired) electrons. The number of nitrogens with zero attached hydrogens (tertiary/aromatic N) is 2. The number of amides is 2. The molecule has 1 saturated heterocycles. The van der Waals surface area contributed by atoms with Crippen LogP contribution in [0, 0.1) is 0 Å². The summed E-state index contributed by atoms with van der Waals surface area (Å²) in [6, 6.07) is 8.96. The van der Waals surface area contributed by atoms with E-state index in [1.54, 1.807) is 0 Å². The van der Waals surface area contributed by atoms with Gasteiger partial charge in [0.1, 0.15) is 0 Å². The van der Waals surface area contributed by atoms with Gasteiger partial charge in [-0.15, -0.1) is 0 Å². The van der Waals surface area contributed by atoms with Crippen LogP contribution >= 0.6 is 11.6 Å². The SMILES string of the molecule is O=C(NCC1(c2ccc(Cl)cc2)CC1)N1CCN(C2CCCC2)CC1. The molecule has 136 valence electrons. The Kier molecular flexibility index (Phi) is 4.92. The maximum Gasteiger partial charge on any atom is 0.317 e. The maximum absolute atomic E-state index is 12.6. The first kappa shape index (κ1) is 17.2. The molecule has 1 aromatic carbocycles. The van der Waals surface area contributed by atoms with Gasteiger partial charge in [-0.2, -0.15) is 0 Å². The van der Waals surface area contributed by atoms with Gasteiger partial charge in [-0.1, -0.05) is 36.6 Å². The fraction of sp³-hybridized carbons (Fsp3) is 0.650. The zero-order chi connectivity index (χ0) is 17.3. The quantitative estimate of drug-likeness (QED) is 0.888. The minimum Gasteiger partial charge on any atom is -0.337 e. The lowest BCUT2D eigenvalue weighted by atomic mass is 9.96. The smallest absolute Gasteiger partial charge is 0.317 e. The van der Waals surface area contributed by atoms with E-state index in [0.717, 1.165) is 56.6 Å². The van der Waals surface area contributed by atoms with Crippen LogP contribution in [0.25, 0.3) is 0 Å². The molecule has 3 aliphatic rings. The lowest BCUT2D eigenvalue weighted by Crippen LogP contribution is -2.54. The van der Waals surface area contributed by atoms with Crippen LogP contribution in [0.4, 0.5) is 4.79 Å². The van der Waals surface area contributed by atoms with E-state index in [0.29, 0.717) is 0 Å². The van der Waals surface area contributed by atoms with Crippen LogP contribution in [-0.2, 0) is 5.41 Å². The highest BCUT2D eigenvalue weighted by Gasteiger charge is 2.44. The third kappa shape index (κ3) is 3.80. The van der Waals surface area contributed by atoms with E-state index in [-0.39, 0.29) is 11.4 Å². The molecule has 1 N–H and O–H groups in total. The average molecular weight is 362 g/mol. The van der Waals surface area contributed by atoms with Gasteiger partial charge in [0, 0.05) is 49.2 Å². The van der Waals surface area contributed by atoms with E-state index >= 15 is 0 Å². The van der Waals surface area contributed by atoms with Crippen molar-refractivity contribution in [1.82, 2.24) is 15.1 Å². The Morgan fingerprint density at radius 3 is 2.32 bits per heavy atom. The van der Waals surface area contributed by atoms with E-state index in [1.165, 1.54) is 31.2 Å². The normalized spacial score (nSPS) is 23.6. The van der Waals surface area contributed by atoms with Crippen molar-refractivity contribution in [2.24, 2.45) is 0 Å². The molecule has 3 fully saturated rings. The number of benzene rings is 1. The Labute approximate surface area is 155 Å². The zero-order valence-electron chi connectivity index (χ0n) is 14.8. The summed E-state index contributed by atoms with van der Waals surface area (Å²) in [5.74, 6) is 0. The molecule has 0 spiro atoms. The summed E-state index contributed by atoms with van der Waals surface area (Å²) in [7, 11) is 0. The van der Waals surface area contributed by atoms with Crippen LogP contribution in [0.15, 0.2) is 24.3 Å². The van der Waals surface area contributed by atoms with Crippen molar-refractivity contribution in [3.05, 3.63) is 34.9 Å². The van der Waals surface area contributed by atoms with Crippen molar-refractivity contribution in [3.8, 4) is 0 Å². The highest BCUT2D eigenvalue weighted by molar-refractivity contribution is 6.30. The van der Waals surface area contributed by atoms with Gasteiger partial charge >= 0.3 is 6.03 Å². The average Bonchev–Trinajstić information content (AvgIpc) is 3.23. The van der Waals surface area contributed by atoms with Crippen molar-refractivity contribution >= 4 is 17.6 Å². The second-order valence-corrected chi connectivity index (χ2v) is 8.34. The summed E-state index contributed by atoms with van der Waals surface area (Å²) < 4.78 is 0. The summed E-state index contributed by atoms with van der Waals surface area (Å²) in [5.41, 5.74) is 1.43. The predicted molar refractivity (Wildman–Crippen MR) is 101 cm³/mol. The molecule has 5 heteroatoms. The number of halogens is 1. The van der Waals surface area contributed by atoms with Crippen LogP contribution < -0.4 is 5.32 Å². The van der Waals surface area contributed by atoms with Gasteiger partial charge in [-0.05, 0) is 43.4 Å². The largest absolute Gasteiger partial charge is 0.337 e. The predicted octanol–water partition coefficient (Wildman–Crippen LogP) is 3.64. The van der Waals surface area contributed by atoms with Crippen molar-refractivity contribution in [2.45, 2.75) is 50.0 Å². The second kappa shape index (κ2) is 7.16. The fourth-order valence-electron chi connectivity index (χ4n) is 4.44. The third-order valence-corrected chi connectivity index (χ3v) is 6.58. The van der Waals surface area contributed by atoms with Crippen molar-refractivity contribution in [2.75, 3.05) is 32.7 Å². The lowest BCUT2D eigenvalue weighted by molar-refractivity contribution is 0.109. The van der Waals surface area contributed by atoms with E-state index < -0.39 is 0 Å². The van der Waals surface area contributed by atoms with Gasteiger partial charge in [0.25, 0.3) is 0 Å². The van der Waals surface area contributed by atoms with Gasteiger partial charge in [0.05, 0.1) is 0 Å². The number of carbonyl (C=O) groups is 1. The molecule has 2 amide bonds.